The van der Waals surface area contributed by atoms with Crippen LogP contribution in [0, 0.1) is 10.1 Å². The summed E-state index contributed by atoms with van der Waals surface area (Å²) in [5.74, 6) is 0. The Morgan fingerprint density at radius 2 is 2.25 bits per heavy atom. The van der Waals surface area contributed by atoms with Crippen molar-refractivity contribution in [2.45, 2.75) is 25.9 Å². The summed E-state index contributed by atoms with van der Waals surface area (Å²) in [6.45, 7) is 2.73. The normalized spacial score (nSPS) is 12.3. The minimum Gasteiger partial charge on any atom is -0.305 e. The highest BCUT2D eigenvalue weighted by atomic mass is 79.9. The number of hydrogen-bond acceptors (Lipinski definition) is 4. The number of non-ortho nitro benzene ring substituents is 1. The summed E-state index contributed by atoms with van der Waals surface area (Å²) in [7, 11) is 0. The number of benzene rings is 1. The van der Waals surface area contributed by atoms with E-state index in [-0.39, 0.29) is 16.7 Å². The van der Waals surface area contributed by atoms with E-state index < -0.39 is 0 Å². The average Bonchev–Trinajstić information content (AvgIpc) is 2.93. The van der Waals surface area contributed by atoms with E-state index in [0.717, 1.165) is 16.5 Å². The summed E-state index contributed by atoms with van der Waals surface area (Å²) >= 11 is 5.04. The second-order valence-corrected chi connectivity index (χ2v) is 6.33. The first-order chi connectivity index (χ1) is 9.60. The van der Waals surface area contributed by atoms with Crippen molar-refractivity contribution >= 4 is 33.0 Å². The largest absolute Gasteiger partial charge is 0.305 e. The van der Waals surface area contributed by atoms with Gasteiger partial charge in [0.15, 0.2) is 0 Å². The maximum atomic E-state index is 10.9. The lowest BCUT2D eigenvalue weighted by Gasteiger charge is -2.15. The van der Waals surface area contributed by atoms with E-state index in [1.165, 1.54) is 10.9 Å². The summed E-state index contributed by atoms with van der Waals surface area (Å²) in [6.07, 6.45) is 0.983. The highest BCUT2D eigenvalue weighted by Gasteiger charge is 2.12. The lowest BCUT2D eigenvalue weighted by atomic mass is 10.1. The van der Waals surface area contributed by atoms with Gasteiger partial charge < -0.3 is 5.32 Å². The van der Waals surface area contributed by atoms with Crippen LogP contribution in [-0.2, 0) is 6.54 Å². The van der Waals surface area contributed by atoms with E-state index in [2.05, 4.69) is 39.6 Å². The quantitative estimate of drug-likeness (QED) is 0.606. The molecule has 20 heavy (non-hydrogen) atoms. The van der Waals surface area contributed by atoms with Gasteiger partial charge in [-0.2, -0.15) is 0 Å². The van der Waals surface area contributed by atoms with Crippen molar-refractivity contribution in [1.29, 1.82) is 0 Å². The van der Waals surface area contributed by atoms with Crippen molar-refractivity contribution in [3.63, 3.8) is 0 Å². The van der Waals surface area contributed by atoms with Crippen LogP contribution in [0.25, 0.3) is 0 Å². The van der Waals surface area contributed by atoms with Gasteiger partial charge in [0.25, 0.3) is 5.69 Å². The van der Waals surface area contributed by atoms with Gasteiger partial charge in [-0.3, -0.25) is 10.1 Å². The molecule has 0 aliphatic heterocycles. The molecule has 1 aromatic heterocycles. The zero-order chi connectivity index (χ0) is 14.5. The van der Waals surface area contributed by atoms with Crippen molar-refractivity contribution < 1.29 is 4.92 Å². The Morgan fingerprint density at radius 1 is 1.45 bits per heavy atom. The van der Waals surface area contributed by atoms with Gasteiger partial charge in [0, 0.05) is 34.1 Å². The molecule has 1 heterocycles. The molecule has 0 spiro atoms. The molecule has 0 bridgehead atoms. The summed E-state index contributed by atoms with van der Waals surface area (Å²) in [5.41, 5.74) is 1.02. The fourth-order valence-electron chi connectivity index (χ4n) is 2.02. The Bertz CT molecular complexity index is 587. The number of hydrogen-bond donors (Lipinski definition) is 1. The number of nitrogens with one attached hydrogen (secondary N) is 1. The molecule has 0 saturated carbocycles. The molecular weight excluding hydrogens is 340 g/mol. The van der Waals surface area contributed by atoms with Crippen LogP contribution in [-0.4, -0.2) is 4.92 Å². The first-order valence-corrected chi connectivity index (χ1v) is 7.98. The number of nitro benzene ring substituents is 1. The number of rotatable bonds is 6. The molecule has 6 heteroatoms. The van der Waals surface area contributed by atoms with Crippen molar-refractivity contribution in [2.24, 2.45) is 0 Å². The van der Waals surface area contributed by atoms with Crippen LogP contribution in [0.4, 0.5) is 5.69 Å². The molecule has 2 rings (SSSR count). The molecule has 0 amide bonds. The van der Waals surface area contributed by atoms with E-state index in [9.17, 15) is 10.1 Å². The molecule has 106 valence electrons. The minimum absolute atomic E-state index is 0.111. The predicted octanol–water partition coefficient (Wildman–Crippen LogP) is 4.66. The second-order valence-electron chi connectivity index (χ2n) is 4.43. The van der Waals surface area contributed by atoms with Crippen LogP contribution in [0.15, 0.2) is 40.2 Å². The lowest BCUT2D eigenvalue weighted by Crippen LogP contribution is -2.19. The smallest absolute Gasteiger partial charge is 0.270 e. The summed E-state index contributed by atoms with van der Waals surface area (Å²) in [5, 5.41) is 16.4. The van der Waals surface area contributed by atoms with Crippen molar-refractivity contribution in [3.8, 4) is 0 Å². The molecular formula is C14H15BrN2O2S. The van der Waals surface area contributed by atoms with Crippen LogP contribution in [0.5, 0.6) is 0 Å². The first kappa shape index (κ1) is 15.2. The maximum Gasteiger partial charge on any atom is 0.270 e. The standard InChI is InChI=1S/C14H15BrN2O2S/c1-2-13(14-4-3-5-20-14)16-9-10-6-11(15)8-12(7-10)17(18)19/h3-8,13,16H,2,9H2,1H3. The van der Waals surface area contributed by atoms with E-state index in [1.54, 1.807) is 17.4 Å². The van der Waals surface area contributed by atoms with Crippen LogP contribution < -0.4 is 5.32 Å². The van der Waals surface area contributed by atoms with Gasteiger partial charge in [-0.05, 0) is 29.5 Å². The lowest BCUT2D eigenvalue weighted by molar-refractivity contribution is -0.385. The van der Waals surface area contributed by atoms with Gasteiger partial charge in [-0.25, -0.2) is 0 Å². The van der Waals surface area contributed by atoms with E-state index in [0.29, 0.717) is 6.54 Å². The molecule has 0 aliphatic carbocycles. The third kappa shape index (κ3) is 3.88. The topological polar surface area (TPSA) is 55.2 Å². The third-order valence-electron chi connectivity index (χ3n) is 3.00. The Hall–Kier alpha value is -1.24. The van der Waals surface area contributed by atoms with Crippen molar-refractivity contribution in [1.82, 2.24) is 5.32 Å². The second kappa shape index (κ2) is 6.97. The fraction of sp³-hybridized carbons (Fsp3) is 0.286. The van der Waals surface area contributed by atoms with Crippen LogP contribution >= 0.6 is 27.3 Å². The van der Waals surface area contributed by atoms with Gasteiger partial charge in [0.1, 0.15) is 0 Å². The van der Waals surface area contributed by atoms with Gasteiger partial charge in [0.05, 0.1) is 4.92 Å². The molecule has 0 radical (unpaired) electrons. The van der Waals surface area contributed by atoms with E-state index in [1.807, 2.05) is 12.1 Å². The summed E-state index contributed by atoms with van der Waals surface area (Å²) < 4.78 is 0.729. The fourth-order valence-corrected chi connectivity index (χ4v) is 3.43. The van der Waals surface area contributed by atoms with Crippen LogP contribution in [0.1, 0.15) is 29.8 Å². The molecule has 1 atom stereocenters. The predicted molar refractivity (Wildman–Crippen MR) is 85.0 cm³/mol. The third-order valence-corrected chi connectivity index (χ3v) is 4.44. The van der Waals surface area contributed by atoms with E-state index in [4.69, 9.17) is 0 Å². The number of nitrogens with zero attached hydrogens (tertiary/aromatic N) is 1. The molecule has 1 unspecified atom stereocenters. The molecule has 0 fully saturated rings. The number of nitro groups is 1. The zero-order valence-corrected chi connectivity index (χ0v) is 13.4. The maximum absolute atomic E-state index is 10.9. The Kier molecular flexibility index (Phi) is 5.28. The van der Waals surface area contributed by atoms with Gasteiger partial charge >= 0.3 is 0 Å². The summed E-state index contributed by atoms with van der Waals surface area (Å²) in [6, 6.07) is 9.46. The first-order valence-electron chi connectivity index (χ1n) is 6.30. The Balaban J connectivity index is 2.08. The van der Waals surface area contributed by atoms with Crippen molar-refractivity contribution in [3.05, 3.63) is 60.7 Å². The molecule has 0 aliphatic rings. The van der Waals surface area contributed by atoms with Crippen LogP contribution in [0.3, 0.4) is 0 Å². The number of thiophene rings is 1. The average molecular weight is 355 g/mol. The zero-order valence-electron chi connectivity index (χ0n) is 11.0. The SMILES string of the molecule is CCC(NCc1cc(Br)cc([N+](=O)[O-])c1)c1cccs1. The molecule has 1 N–H and O–H groups in total. The highest BCUT2D eigenvalue weighted by molar-refractivity contribution is 9.10. The van der Waals surface area contributed by atoms with Crippen LogP contribution in [0.2, 0.25) is 0 Å². The Morgan fingerprint density at radius 3 is 2.85 bits per heavy atom. The van der Waals surface area contributed by atoms with Gasteiger partial charge in [-0.15, -0.1) is 11.3 Å². The minimum atomic E-state index is -0.370. The number of halogens is 1. The van der Waals surface area contributed by atoms with E-state index >= 15 is 0 Å². The summed E-state index contributed by atoms with van der Waals surface area (Å²) in [4.78, 5) is 11.8. The van der Waals surface area contributed by atoms with Crippen molar-refractivity contribution in [2.75, 3.05) is 0 Å². The highest BCUT2D eigenvalue weighted by Crippen LogP contribution is 2.24. The van der Waals surface area contributed by atoms with Gasteiger partial charge in [0.2, 0.25) is 0 Å². The Labute approximate surface area is 130 Å². The molecule has 4 nitrogen and oxygen atoms in total. The molecule has 0 saturated heterocycles. The molecule has 1 aromatic carbocycles. The monoisotopic (exact) mass is 354 g/mol. The molecule has 2 aromatic rings. The van der Waals surface area contributed by atoms with Gasteiger partial charge in [-0.1, -0.05) is 28.9 Å².